The van der Waals surface area contributed by atoms with Gasteiger partial charge in [0, 0.05) is 28.6 Å². The molecule has 3 aromatic heterocycles. The van der Waals surface area contributed by atoms with Crippen LogP contribution in [0.4, 0.5) is 0 Å². The molecule has 0 amide bonds. The number of nitrogens with zero attached hydrogens (tertiary/aromatic N) is 3. The van der Waals surface area contributed by atoms with E-state index < -0.39 is 0 Å². The van der Waals surface area contributed by atoms with E-state index in [9.17, 15) is 0 Å². The van der Waals surface area contributed by atoms with E-state index in [2.05, 4.69) is 42.8 Å². The second-order valence-corrected chi connectivity index (χ2v) is 4.80. The molecule has 18 heavy (non-hydrogen) atoms. The van der Waals surface area contributed by atoms with E-state index in [0.717, 1.165) is 33.2 Å². The van der Waals surface area contributed by atoms with Crippen LogP contribution in [0, 0.1) is 0 Å². The molecule has 0 aliphatic carbocycles. The quantitative estimate of drug-likeness (QED) is 0.790. The van der Waals surface area contributed by atoms with Gasteiger partial charge in [-0.3, -0.25) is 4.98 Å². The van der Waals surface area contributed by atoms with Crippen LogP contribution in [-0.2, 0) is 6.42 Å². The molecule has 0 saturated heterocycles. The second-order valence-electron chi connectivity index (χ2n) is 3.95. The number of fused-ring (bicyclic) bond motifs is 1. The number of nitrogens with one attached hydrogen (secondary N) is 1. The molecule has 3 heterocycles. The van der Waals surface area contributed by atoms with E-state index in [-0.39, 0.29) is 0 Å². The number of aromatic nitrogens is 4. The Hall–Kier alpha value is -1.75. The van der Waals surface area contributed by atoms with Crippen LogP contribution in [0.2, 0.25) is 0 Å². The third-order valence-electron chi connectivity index (χ3n) is 2.81. The van der Waals surface area contributed by atoms with Crippen LogP contribution < -0.4 is 0 Å². The summed E-state index contributed by atoms with van der Waals surface area (Å²) >= 11 is 3.52. The molecule has 0 aliphatic heterocycles. The molecule has 0 unspecified atom stereocenters. The third-order valence-corrected chi connectivity index (χ3v) is 3.44. The van der Waals surface area contributed by atoms with Gasteiger partial charge in [0.25, 0.3) is 0 Å². The molecule has 0 bridgehead atoms. The van der Waals surface area contributed by atoms with E-state index in [1.54, 1.807) is 12.4 Å². The molecule has 0 saturated carbocycles. The van der Waals surface area contributed by atoms with Crippen molar-refractivity contribution in [3.05, 3.63) is 40.9 Å². The first-order valence-corrected chi connectivity index (χ1v) is 6.52. The minimum Gasteiger partial charge on any atom is -0.345 e. The maximum Gasteiger partial charge on any atom is 0.163 e. The zero-order valence-electron chi connectivity index (χ0n) is 9.81. The summed E-state index contributed by atoms with van der Waals surface area (Å²) in [6, 6.07) is 3.85. The van der Waals surface area contributed by atoms with Crippen LogP contribution in [0.1, 0.15) is 12.6 Å². The number of aryl methyl sites for hydroxylation is 1. The molecule has 90 valence electrons. The lowest BCUT2D eigenvalue weighted by atomic mass is 10.2. The fourth-order valence-electron chi connectivity index (χ4n) is 1.95. The Labute approximate surface area is 113 Å². The highest BCUT2D eigenvalue weighted by Crippen LogP contribution is 2.27. The Balaban J connectivity index is 2.27. The number of H-pyrrole nitrogens is 1. The number of halogens is 1. The molecular weight excluding hydrogens is 292 g/mol. The highest BCUT2D eigenvalue weighted by Gasteiger charge is 2.12. The number of aromatic amines is 1. The van der Waals surface area contributed by atoms with Gasteiger partial charge in [0.1, 0.15) is 5.65 Å². The standard InChI is InChI=1S/C13H11BrN4/c1-2-10-11-9(14)7-16-13(11)18-12(17-10)8-4-3-5-15-6-8/h3-7H,2H2,1H3,(H,16,17,18). The summed E-state index contributed by atoms with van der Waals surface area (Å²) < 4.78 is 1.01. The third kappa shape index (κ3) is 1.80. The van der Waals surface area contributed by atoms with Crippen molar-refractivity contribution in [2.24, 2.45) is 0 Å². The van der Waals surface area contributed by atoms with E-state index in [0.29, 0.717) is 5.82 Å². The van der Waals surface area contributed by atoms with Crippen molar-refractivity contribution in [1.82, 2.24) is 19.9 Å². The highest BCUT2D eigenvalue weighted by molar-refractivity contribution is 9.10. The molecule has 0 fully saturated rings. The molecule has 0 spiro atoms. The van der Waals surface area contributed by atoms with Crippen molar-refractivity contribution in [2.75, 3.05) is 0 Å². The predicted octanol–water partition coefficient (Wildman–Crippen LogP) is 3.34. The number of hydrogen-bond donors (Lipinski definition) is 1. The minimum atomic E-state index is 0.710. The van der Waals surface area contributed by atoms with Crippen LogP contribution in [0.25, 0.3) is 22.4 Å². The largest absolute Gasteiger partial charge is 0.345 e. The maximum absolute atomic E-state index is 4.62. The summed E-state index contributed by atoms with van der Waals surface area (Å²) in [5, 5.41) is 1.06. The predicted molar refractivity (Wildman–Crippen MR) is 74.2 cm³/mol. The summed E-state index contributed by atoms with van der Waals surface area (Å²) in [4.78, 5) is 16.4. The summed E-state index contributed by atoms with van der Waals surface area (Å²) in [5.74, 6) is 0.710. The van der Waals surface area contributed by atoms with Gasteiger partial charge in [0.05, 0.1) is 11.1 Å². The summed E-state index contributed by atoms with van der Waals surface area (Å²) in [6.07, 6.45) is 6.28. The first-order valence-electron chi connectivity index (χ1n) is 5.73. The normalized spacial score (nSPS) is 11.0. The van der Waals surface area contributed by atoms with Crippen molar-refractivity contribution < 1.29 is 0 Å². The molecular formula is C13H11BrN4. The van der Waals surface area contributed by atoms with Gasteiger partial charge in [-0.25, -0.2) is 9.97 Å². The lowest BCUT2D eigenvalue weighted by Crippen LogP contribution is -1.96. The fraction of sp³-hybridized carbons (Fsp3) is 0.154. The summed E-state index contributed by atoms with van der Waals surface area (Å²) in [5.41, 5.74) is 2.82. The van der Waals surface area contributed by atoms with Crippen molar-refractivity contribution in [3.63, 3.8) is 0 Å². The van der Waals surface area contributed by atoms with E-state index in [4.69, 9.17) is 0 Å². The number of rotatable bonds is 2. The minimum absolute atomic E-state index is 0.710. The van der Waals surface area contributed by atoms with Crippen molar-refractivity contribution in [2.45, 2.75) is 13.3 Å². The fourth-order valence-corrected chi connectivity index (χ4v) is 2.48. The topological polar surface area (TPSA) is 54.5 Å². The Kier molecular flexibility index (Phi) is 2.83. The van der Waals surface area contributed by atoms with Crippen LogP contribution in [-0.4, -0.2) is 19.9 Å². The SMILES string of the molecule is CCc1nc(-c2cccnc2)nc2[nH]cc(Br)c12. The van der Waals surface area contributed by atoms with Crippen LogP contribution >= 0.6 is 15.9 Å². The average molecular weight is 303 g/mol. The zero-order chi connectivity index (χ0) is 12.5. The number of pyridine rings is 1. The lowest BCUT2D eigenvalue weighted by molar-refractivity contribution is 1.03. The van der Waals surface area contributed by atoms with Crippen LogP contribution in [0.5, 0.6) is 0 Å². The molecule has 0 atom stereocenters. The van der Waals surface area contributed by atoms with Gasteiger partial charge in [-0.15, -0.1) is 0 Å². The van der Waals surface area contributed by atoms with Crippen LogP contribution in [0.3, 0.4) is 0 Å². The van der Waals surface area contributed by atoms with Gasteiger partial charge < -0.3 is 4.98 Å². The first kappa shape index (κ1) is 11.3. The van der Waals surface area contributed by atoms with Gasteiger partial charge >= 0.3 is 0 Å². The van der Waals surface area contributed by atoms with E-state index >= 15 is 0 Å². The molecule has 3 rings (SSSR count). The Morgan fingerprint density at radius 2 is 2.22 bits per heavy atom. The molecule has 0 aliphatic rings. The smallest absolute Gasteiger partial charge is 0.163 e. The average Bonchev–Trinajstić information content (AvgIpc) is 2.81. The molecule has 5 heteroatoms. The second kappa shape index (κ2) is 4.49. The van der Waals surface area contributed by atoms with Gasteiger partial charge in [-0.2, -0.15) is 0 Å². The summed E-state index contributed by atoms with van der Waals surface area (Å²) in [7, 11) is 0. The highest BCUT2D eigenvalue weighted by atomic mass is 79.9. The Bertz CT molecular complexity index is 691. The maximum atomic E-state index is 4.62. The Morgan fingerprint density at radius 1 is 1.33 bits per heavy atom. The first-order chi connectivity index (χ1) is 8.79. The summed E-state index contributed by atoms with van der Waals surface area (Å²) in [6.45, 7) is 2.09. The van der Waals surface area contributed by atoms with Gasteiger partial charge in [-0.1, -0.05) is 6.92 Å². The van der Waals surface area contributed by atoms with E-state index in [1.807, 2.05) is 18.3 Å². The van der Waals surface area contributed by atoms with Crippen molar-refractivity contribution in [1.29, 1.82) is 0 Å². The van der Waals surface area contributed by atoms with Crippen molar-refractivity contribution in [3.8, 4) is 11.4 Å². The van der Waals surface area contributed by atoms with Crippen molar-refractivity contribution >= 4 is 27.0 Å². The van der Waals surface area contributed by atoms with Gasteiger partial charge in [-0.05, 0) is 34.5 Å². The molecule has 1 N–H and O–H groups in total. The van der Waals surface area contributed by atoms with E-state index in [1.165, 1.54) is 0 Å². The van der Waals surface area contributed by atoms with Gasteiger partial charge in [0.2, 0.25) is 0 Å². The molecule has 3 aromatic rings. The Morgan fingerprint density at radius 3 is 2.94 bits per heavy atom. The molecule has 0 radical (unpaired) electrons. The van der Waals surface area contributed by atoms with Gasteiger partial charge in [0.15, 0.2) is 5.82 Å². The zero-order valence-corrected chi connectivity index (χ0v) is 11.4. The lowest BCUT2D eigenvalue weighted by Gasteiger charge is -2.04. The monoisotopic (exact) mass is 302 g/mol. The van der Waals surface area contributed by atoms with Crippen LogP contribution in [0.15, 0.2) is 35.2 Å². The molecule has 4 nitrogen and oxygen atoms in total. The molecule has 0 aromatic carbocycles. The number of hydrogen-bond acceptors (Lipinski definition) is 3.